The zero-order valence-electron chi connectivity index (χ0n) is 17.5. The Hall–Kier alpha value is -3.14. The number of pyridine rings is 1. The van der Waals surface area contributed by atoms with Crippen molar-refractivity contribution >= 4 is 16.8 Å². The van der Waals surface area contributed by atoms with Gasteiger partial charge in [0.15, 0.2) is 0 Å². The second-order valence-electron chi connectivity index (χ2n) is 7.91. The minimum Gasteiger partial charge on any atom is -0.473 e. The molecule has 4 rings (SSSR count). The number of carbonyl (C=O) groups excluding carboxylic acids is 1. The van der Waals surface area contributed by atoms with Gasteiger partial charge in [-0.15, -0.1) is 0 Å². The number of amides is 1. The lowest BCUT2D eigenvalue weighted by atomic mass is 9.97. The number of ether oxygens (including phenoxy) is 1. The summed E-state index contributed by atoms with van der Waals surface area (Å²) in [5, 5.41) is 3.92. The molecule has 0 spiro atoms. The molecule has 4 heteroatoms. The maximum Gasteiger partial charge on any atom is 0.252 e. The van der Waals surface area contributed by atoms with Crippen LogP contribution in [0.3, 0.4) is 0 Å². The molecule has 3 aromatic rings. The van der Waals surface area contributed by atoms with Gasteiger partial charge in [-0.2, -0.15) is 0 Å². The second-order valence-corrected chi connectivity index (χ2v) is 7.91. The number of hydrogen-bond donors (Lipinski definition) is 1. The van der Waals surface area contributed by atoms with Crippen LogP contribution < -0.4 is 10.1 Å². The van der Waals surface area contributed by atoms with Crippen LogP contribution in [0.25, 0.3) is 10.9 Å². The fourth-order valence-corrected chi connectivity index (χ4v) is 3.82. The normalized spacial score (nSPS) is 13.7. The third kappa shape index (κ3) is 5.07. The van der Waals surface area contributed by atoms with E-state index in [2.05, 4.69) is 35.4 Å². The highest BCUT2D eigenvalue weighted by Crippen LogP contribution is 2.23. The maximum atomic E-state index is 13.0. The Kier molecular flexibility index (Phi) is 6.43. The number of nitrogens with one attached hydrogen (secondary N) is 1. The van der Waals surface area contributed by atoms with E-state index in [9.17, 15) is 4.79 Å². The van der Waals surface area contributed by atoms with Gasteiger partial charge in [0.25, 0.3) is 5.91 Å². The van der Waals surface area contributed by atoms with Crippen molar-refractivity contribution in [3.8, 4) is 5.88 Å². The topological polar surface area (TPSA) is 51.2 Å². The SMILES string of the molecule is Cc1ccc(COc2cc(C(=O)NCCC3=CCCCC3)c3ccccc3n2)cc1. The van der Waals surface area contributed by atoms with E-state index in [-0.39, 0.29) is 5.91 Å². The molecule has 0 saturated carbocycles. The summed E-state index contributed by atoms with van der Waals surface area (Å²) in [5.41, 5.74) is 5.12. The van der Waals surface area contributed by atoms with Crippen molar-refractivity contribution in [2.45, 2.75) is 45.6 Å². The first-order valence-corrected chi connectivity index (χ1v) is 10.7. The third-order valence-corrected chi connectivity index (χ3v) is 5.56. The number of rotatable bonds is 7. The summed E-state index contributed by atoms with van der Waals surface area (Å²) < 4.78 is 5.93. The Labute approximate surface area is 178 Å². The highest BCUT2D eigenvalue weighted by atomic mass is 16.5. The standard InChI is InChI=1S/C26H28N2O2/c1-19-11-13-21(14-12-19)18-30-25-17-23(22-9-5-6-10-24(22)28-25)26(29)27-16-15-20-7-3-2-4-8-20/h5-7,9-14,17H,2-4,8,15-16,18H2,1H3,(H,27,29). The lowest BCUT2D eigenvalue weighted by Crippen LogP contribution is -2.25. The molecule has 1 aliphatic rings. The summed E-state index contributed by atoms with van der Waals surface area (Å²) >= 11 is 0. The van der Waals surface area contributed by atoms with Crippen LogP contribution in [0.2, 0.25) is 0 Å². The van der Waals surface area contributed by atoms with Gasteiger partial charge in [-0.25, -0.2) is 4.98 Å². The fourth-order valence-electron chi connectivity index (χ4n) is 3.82. The zero-order chi connectivity index (χ0) is 20.8. The molecule has 4 nitrogen and oxygen atoms in total. The van der Waals surface area contributed by atoms with E-state index in [0.717, 1.165) is 29.3 Å². The van der Waals surface area contributed by atoms with Crippen molar-refractivity contribution < 1.29 is 9.53 Å². The number of para-hydroxylation sites is 1. The Morgan fingerprint density at radius 2 is 1.93 bits per heavy atom. The number of aromatic nitrogens is 1. The molecule has 154 valence electrons. The number of aryl methyl sites for hydroxylation is 1. The van der Waals surface area contributed by atoms with Gasteiger partial charge in [0, 0.05) is 18.0 Å². The Morgan fingerprint density at radius 3 is 2.73 bits per heavy atom. The first kappa shape index (κ1) is 20.1. The fraction of sp³-hybridized carbons (Fsp3) is 0.308. The van der Waals surface area contributed by atoms with Crippen molar-refractivity contribution in [1.29, 1.82) is 0 Å². The number of fused-ring (bicyclic) bond motifs is 1. The molecule has 0 atom stereocenters. The third-order valence-electron chi connectivity index (χ3n) is 5.56. The highest BCUT2D eigenvalue weighted by Gasteiger charge is 2.14. The number of benzene rings is 2. The monoisotopic (exact) mass is 400 g/mol. The predicted octanol–water partition coefficient (Wildman–Crippen LogP) is 5.74. The van der Waals surface area contributed by atoms with Gasteiger partial charge in [-0.05, 0) is 50.7 Å². The minimum absolute atomic E-state index is 0.0785. The predicted molar refractivity (Wildman–Crippen MR) is 121 cm³/mol. The lowest BCUT2D eigenvalue weighted by molar-refractivity contribution is 0.0955. The molecule has 0 radical (unpaired) electrons. The Bertz CT molecular complexity index is 1050. The van der Waals surface area contributed by atoms with Crippen molar-refractivity contribution in [3.05, 3.63) is 82.9 Å². The Morgan fingerprint density at radius 1 is 1.10 bits per heavy atom. The smallest absolute Gasteiger partial charge is 0.252 e. The van der Waals surface area contributed by atoms with Crippen molar-refractivity contribution in [2.75, 3.05) is 6.54 Å². The van der Waals surface area contributed by atoms with Crippen LogP contribution in [0.4, 0.5) is 0 Å². The van der Waals surface area contributed by atoms with Crippen LogP contribution in [0.15, 0.2) is 66.2 Å². The molecule has 2 aromatic carbocycles. The number of carbonyl (C=O) groups is 1. The van der Waals surface area contributed by atoms with Gasteiger partial charge in [0.05, 0.1) is 11.1 Å². The van der Waals surface area contributed by atoms with Crippen molar-refractivity contribution in [2.24, 2.45) is 0 Å². The van der Waals surface area contributed by atoms with Crippen LogP contribution in [0, 0.1) is 6.92 Å². The molecule has 1 heterocycles. The molecule has 0 aliphatic heterocycles. The van der Waals surface area contributed by atoms with E-state index in [4.69, 9.17) is 4.74 Å². The van der Waals surface area contributed by atoms with Gasteiger partial charge in [0.1, 0.15) is 6.61 Å². The zero-order valence-corrected chi connectivity index (χ0v) is 17.5. The first-order valence-electron chi connectivity index (χ1n) is 10.7. The van der Waals surface area contributed by atoms with Gasteiger partial charge in [-0.1, -0.05) is 59.7 Å². The van der Waals surface area contributed by atoms with Crippen LogP contribution in [0.5, 0.6) is 5.88 Å². The summed E-state index contributed by atoms with van der Waals surface area (Å²) in [6.45, 7) is 3.13. The van der Waals surface area contributed by atoms with Crippen molar-refractivity contribution in [1.82, 2.24) is 10.3 Å². The van der Waals surface area contributed by atoms with E-state index in [1.54, 1.807) is 6.07 Å². The summed E-state index contributed by atoms with van der Waals surface area (Å²) in [4.78, 5) is 17.5. The molecular formula is C26H28N2O2. The summed E-state index contributed by atoms with van der Waals surface area (Å²) in [6.07, 6.45) is 8.12. The van der Waals surface area contributed by atoms with Gasteiger partial charge in [0.2, 0.25) is 5.88 Å². The molecular weight excluding hydrogens is 372 g/mol. The van der Waals surface area contributed by atoms with Crippen LogP contribution in [0.1, 0.15) is 53.6 Å². The Balaban J connectivity index is 1.48. The van der Waals surface area contributed by atoms with E-state index in [1.807, 2.05) is 36.4 Å². The van der Waals surface area contributed by atoms with E-state index in [0.29, 0.717) is 24.6 Å². The second kappa shape index (κ2) is 9.57. The average molecular weight is 401 g/mol. The molecule has 1 N–H and O–H groups in total. The molecule has 1 aliphatic carbocycles. The molecule has 0 unspecified atom stereocenters. The number of allylic oxidation sites excluding steroid dienone is 1. The quantitative estimate of drug-likeness (QED) is 0.514. The molecule has 30 heavy (non-hydrogen) atoms. The molecule has 0 fully saturated rings. The van der Waals surface area contributed by atoms with Gasteiger partial charge in [-0.3, -0.25) is 4.79 Å². The molecule has 0 saturated heterocycles. The van der Waals surface area contributed by atoms with Gasteiger partial charge < -0.3 is 10.1 Å². The largest absolute Gasteiger partial charge is 0.473 e. The molecule has 1 amide bonds. The van der Waals surface area contributed by atoms with Crippen molar-refractivity contribution in [3.63, 3.8) is 0 Å². The molecule has 1 aromatic heterocycles. The molecule has 0 bridgehead atoms. The van der Waals surface area contributed by atoms with Crippen LogP contribution >= 0.6 is 0 Å². The first-order chi connectivity index (χ1) is 14.7. The van der Waals surface area contributed by atoms with E-state index < -0.39 is 0 Å². The summed E-state index contributed by atoms with van der Waals surface area (Å²) in [6, 6.07) is 17.7. The minimum atomic E-state index is -0.0785. The van der Waals surface area contributed by atoms with E-state index in [1.165, 1.54) is 30.4 Å². The highest BCUT2D eigenvalue weighted by molar-refractivity contribution is 6.06. The van der Waals surface area contributed by atoms with Crippen LogP contribution in [-0.2, 0) is 6.61 Å². The number of nitrogens with zero attached hydrogens (tertiary/aromatic N) is 1. The van der Waals surface area contributed by atoms with Gasteiger partial charge >= 0.3 is 0 Å². The lowest BCUT2D eigenvalue weighted by Gasteiger charge is -2.14. The summed E-state index contributed by atoms with van der Waals surface area (Å²) in [7, 11) is 0. The average Bonchev–Trinajstić information content (AvgIpc) is 2.79. The van der Waals surface area contributed by atoms with E-state index >= 15 is 0 Å². The summed E-state index contributed by atoms with van der Waals surface area (Å²) in [5.74, 6) is 0.389. The number of hydrogen-bond acceptors (Lipinski definition) is 3. The van der Waals surface area contributed by atoms with Crippen LogP contribution in [-0.4, -0.2) is 17.4 Å². The maximum absolute atomic E-state index is 13.0.